The van der Waals surface area contributed by atoms with Gasteiger partial charge in [0, 0.05) is 56.1 Å². The smallest absolute Gasteiger partial charge is 0.496 e. The molecule has 0 saturated carbocycles. The summed E-state index contributed by atoms with van der Waals surface area (Å²) in [5, 5.41) is 0. The van der Waals surface area contributed by atoms with E-state index in [1.807, 2.05) is 41.3 Å². The van der Waals surface area contributed by atoms with Crippen molar-refractivity contribution >= 4 is 23.4 Å². The fourth-order valence-corrected chi connectivity index (χ4v) is 4.96. The molecule has 3 aromatic rings. The van der Waals surface area contributed by atoms with Crippen LogP contribution in [0.5, 0.6) is 11.5 Å². The molecule has 0 atom stereocenters. The van der Waals surface area contributed by atoms with Crippen LogP contribution in [-0.2, 0) is 6.54 Å². The van der Waals surface area contributed by atoms with Crippen LogP contribution in [0.2, 0.25) is 0 Å². The first-order valence-electron chi connectivity index (χ1n) is 12.5. The first-order valence-corrected chi connectivity index (χ1v) is 12.5. The van der Waals surface area contributed by atoms with Gasteiger partial charge in [0.15, 0.2) is 5.75 Å². The first kappa shape index (κ1) is 26.6. The second-order valence-electron chi connectivity index (χ2n) is 9.29. The lowest BCUT2D eigenvalue weighted by atomic mass is 10.1. The van der Waals surface area contributed by atoms with Gasteiger partial charge in [-0.05, 0) is 42.0 Å². The predicted molar refractivity (Wildman–Crippen MR) is 140 cm³/mol. The van der Waals surface area contributed by atoms with Crippen molar-refractivity contribution in [2.75, 3.05) is 44.7 Å². The quantitative estimate of drug-likeness (QED) is 0.366. The summed E-state index contributed by atoms with van der Waals surface area (Å²) in [6.07, 6.45) is -1.16. The van der Waals surface area contributed by atoms with Crippen LogP contribution in [-0.4, -0.2) is 61.9 Å². The molecular formula is C29H27F4N3O3. The van der Waals surface area contributed by atoms with Crippen LogP contribution in [0.15, 0.2) is 66.7 Å². The van der Waals surface area contributed by atoms with E-state index in [9.17, 15) is 22.4 Å². The number of ether oxygens (including phenoxy) is 2. The minimum absolute atomic E-state index is 0.100. The van der Waals surface area contributed by atoms with Gasteiger partial charge < -0.3 is 19.3 Å². The summed E-state index contributed by atoms with van der Waals surface area (Å²) in [6, 6.07) is 16.2. The lowest BCUT2D eigenvalue weighted by molar-refractivity contribution is -0.274. The number of halogens is 4. The van der Waals surface area contributed by atoms with E-state index in [0.717, 1.165) is 17.3 Å². The largest absolute Gasteiger partial charge is 0.573 e. The summed E-state index contributed by atoms with van der Waals surface area (Å²) in [5.74, 6) is -0.742. The molecule has 0 aromatic heterocycles. The third-order valence-electron chi connectivity index (χ3n) is 6.87. The molecule has 6 nitrogen and oxygen atoms in total. The highest BCUT2D eigenvalue weighted by molar-refractivity contribution is 5.96. The number of fused-ring (bicyclic) bond motifs is 1. The zero-order valence-corrected chi connectivity index (χ0v) is 21.2. The van der Waals surface area contributed by atoms with Crippen LogP contribution in [0.3, 0.4) is 0 Å². The van der Waals surface area contributed by atoms with Gasteiger partial charge in [0.1, 0.15) is 11.6 Å². The molecule has 0 unspecified atom stereocenters. The van der Waals surface area contributed by atoms with Gasteiger partial charge in [0.05, 0.1) is 12.8 Å². The third-order valence-corrected chi connectivity index (χ3v) is 6.87. The second-order valence-corrected chi connectivity index (χ2v) is 9.29. The molecule has 0 N–H and O–H groups in total. The van der Waals surface area contributed by atoms with Crippen molar-refractivity contribution in [3.05, 3.63) is 89.2 Å². The number of carbonyl (C=O) groups excluding carboxylic acids is 1. The highest BCUT2D eigenvalue weighted by Gasteiger charge is 2.34. The summed E-state index contributed by atoms with van der Waals surface area (Å²) in [4.78, 5) is 18.6. The number of anilines is 2. The molecule has 1 fully saturated rings. The number of carbonyl (C=O) groups is 1. The van der Waals surface area contributed by atoms with Gasteiger partial charge in [-0.15, -0.1) is 13.2 Å². The molecule has 204 valence electrons. The van der Waals surface area contributed by atoms with Gasteiger partial charge in [-0.25, -0.2) is 4.39 Å². The number of nitrogens with zero attached hydrogens (tertiary/aromatic N) is 3. The maximum atomic E-state index is 14.4. The number of benzene rings is 3. The van der Waals surface area contributed by atoms with Crippen LogP contribution in [0.25, 0.3) is 6.08 Å². The van der Waals surface area contributed by atoms with E-state index in [2.05, 4.69) is 4.74 Å². The lowest BCUT2D eigenvalue weighted by Gasteiger charge is -2.35. The molecular weight excluding hydrogens is 514 g/mol. The van der Waals surface area contributed by atoms with E-state index in [-0.39, 0.29) is 17.1 Å². The highest BCUT2D eigenvalue weighted by atomic mass is 19.4. The van der Waals surface area contributed by atoms with E-state index in [1.54, 1.807) is 21.9 Å². The third kappa shape index (κ3) is 5.85. The summed E-state index contributed by atoms with van der Waals surface area (Å²) < 4.78 is 64.2. The number of rotatable bonds is 6. The molecule has 1 saturated heterocycles. The van der Waals surface area contributed by atoms with Crippen LogP contribution in [0.4, 0.5) is 28.9 Å². The Balaban J connectivity index is 1.33. The Kier molecular flexibility index (Phi) is 7.47. The van der Waals surface area contributed by atoms with Crippen LogP contribution in [0, 0.1) is 5.82 Å². The van der Waals surface area contributed by atoms with Gasteiger partial charge in [0.25, 0.3) is 5.91 Å². The Morgan fingerprint density at radius 1 is 0.923 bits per heavy atom. The predicted octanol–water partition coefficient (Wildman–Crippen LogP) is 5.86. The van der Waals surface area contributed by atoms with E-state index in [1.165, 1.54) is 25.3 Å². The average molecular weight is 542 g/mol. The summed E-state index contributed by atoms with van der Waals surface area (Å²) in [6.45, 7) is 2.32. The number of alkyl halides is 3. The standard InChI is InChI=1S/C29H27F4N3O3/c1-38-26-10-4-8-23(30)22(26)19-34-14-16-35(17-15-34)28(37)21-11-12-25(27(18-21)39-29(31,32)33)36-13-5-7-20-6-2-3-9-24(20)36/h2-12,18H,13-17,19H2,1H3. The van der Waals surface area contributed by atoms with E-state index < -0.39 is 18.0 Å². The van der Waals surface area contributed by atoms with Gasteiger partial charge in [-0.3, -0.25) is 9.69 Å². The number of para-hydroxylation sites is 1. The average Bonchev–Trinajstić information content (AvgIpc) is 2.93. The van der Waals surface area contributed by atoms with E-state index in [0.29, 0.717) is 50.6 Å². The number of amides is 1. The Morgan fingerprint density at radius 3 is 2.44 bits per heavy atom. The fraction of sp³-hybridized carbons (Fsp3) is 0.276. The highest BCUT2D eigenvalue weighted by Crippen LogP contribution is 2.40. The molecule has 5 rings (SSSR count). The molecule has 3 aromatic carbocycles. The Morgan fingerprint density at radius 2 is 1.69 bits per heavy atom. The Bertz CT molecular complexity index is 1380. The lowest BCUT2D eigenvalue weighted by Crippen LogP contribution is -2.48. The number of hydrogen-bond acceptors (Lipinski definition) is 5. The van der Waals surface area contributed by atoms with Crippen molar-refractivity contribution in [1.29, 1.82) is 0 Å². The fourth-order valence-electron chi connectivity index (χ4n) is 4.96. The molecule has 0 bridgehead atoms. The first-order chi connectivity index (χ1) is 18.7. The molecule has 2 heterocycles. The topological polar surface area (TPSA) is 45.2 Å². The monoisotopic (exact) mass is 541 g/mol. The number of methoxy groups -OCH3 is 1. The minimum atomic E-state index is -4.93. The van der Waals surface area contributed by atoms with Crippen molar-refractivity contribution in [1.82, 2.24) is 9.80 Å². The Hall–Kier alpha value is -4.05. The SMILES string of the molecule is COc1cccc(F)c1CN1CCN(C(=O)c2ccc(N3CC=Cc4ccccc43)c(OC(F)(F)F)c2)CC1. The number of hydrogen-bond donors (Lipinski definition) is 0. The van der Waals surface area contributed by atoms with Crippen molar-refractivity contribution in [3.8, 4) is 11.5 Å². The molecule has 0 spiro atoms. The van der Waals surface area contributed by atoms with Crippen molar-refractivity contribution < 1.29 is 31.8 Å². The van der Waals surface area contributed by atoms with Crippen molar-refractivity contribution in [3.63, 3.8) is 0 Å². The van der Waals surface area contributed by atoms with Crippen LogP contribution in [0.1, 0.15) is 21.5 Å². The summed E-state index contributed by atoms with van der Waals surface area (Å²) >= 11 is 0. The maximum absolute atomic E-state index is 14.4. The van der Waals surface area contributed by atoms with E-state index >= 15 is 0 Å². The second kappa shape index (κ2) is 11.0. The molecule has 1 amide bonds. The molecule has 39 heavy (non-hydrogen) atoms. The molecule has 2 aliphatic rings. The zero-order chi connectivity index (χ0) is 27.6. The Labute approximate surface area is 223 Å². The van der Waals surface area contributed by atoms with Gasteiger partial charge >= 0.3 is 6.36 Å². The summed E-state index contributed by atoms with van der Waals surface area (Å²) in [5.41, 5.74) is 2.37. The molecule has 0 radical (unpaired) electrons. The van der Waals surface area contributed by atoms with Crippen LogP contribution >= 0.6 is 0 Å². The van der Waals surface area contributed by atoms with E-state index in [4.69, 9.17) is 4.74 Å². The normalized spacial score (nSPS) is 15.7. The van der Waals surface area contributed by atoms with Gasteiger partial charge in [-0.1, -0.05) is 36.4 Å². The van der Waals surface area contributed by atoms with Crippen LogP contribution < -0.4 is 14.4 Å². The molecule has 10 heteroatoms. The molecule has 2 aliphatic heterocycles. The maximum Gasteiger partial charge on any atom is 0.573 e. The zero-order valence-electron chi connectivity index (χ0n) is 21.2. The molecule has 0 aliphatic carbocycles. The minimum Gasteiger partial charge on any atom is -0.496 e. The van der Waals surface area contributed by atoms with Gasteiger partial charge in [-0.2, -0.15) is 0 Å². The summed E-state index contributed by atoms with van der Waals surface area (Å²) in [7, 11) is 1.48. The number of piperazine rings is 1. The van der Waals surface area contributed by atoms with Crippen molar-refractivity contribution in [2.45, 2.75) is 12.9 Å². The van der Waals surface area contributed by atoms with Crippen molar-refractivity contribution in [2.24, 2.45) is 0 Å². The van der Waals surface area contributed by atoms with Gasteiger partial charge in [0.2, 0.25) is 0 Å².